The van der Waals surface area contributed by atoms with E-state index in [1.165, 1.54) is 0 Å². The van der Waals surface area contributed by atoms with E-state index in [0.717, 1.165) is 0 Å². The van der Waals surface area contributed by atoms with Crippen LogP contribution in [-0.2, 0) is 22.4 Å². The Morgan fingerprint density at radius 2 is 1.00 bits per heavy atom. The maximum absolute atomic E-state index is 0. The van der Waals surface area contributed by atoms with E-state index in [4.69, 9.17) is 0 Å². The van der Waals surface area contributed by atoms with Gasteiger partial charge in [-0.15, -0.1) is 0 Å². The number of rotatable bonds is 0. The standard InChI is InChI=1S/Au.S.Se.Te. The summed E-state index contributed by atoms with van der Waals surface area (Å²) in [5.41, 5.74) is 0. The van der Waals surface area contributed by atoms with Crippen LogP contribution in [0.5, 0.6) is 0 Å². The van der Waals surface area contributed by atoms with Gasteiger partial charge in [0.2, 0.25) is 0 Å². The molecule has 0 atom stereocenters. The molecule has 29 valence electrons. The van der Waals surface area contributed by atoms with Crippen LogP contribution in [0.15, 0.2) is 0 Å². The normalized spacial score (nSPS) is 0. The van der Waals surface area contributed by atoms with E-state index in [1.807, 2.05) is 0 Å². The monoisotopic (exact) mass is 439 g/mol. The van der Waals surface area contributed by atoms with Gasteiger partial charge in [0.1, 0.15) is 0 Å². The molecule has 0 nitrogen and oxygen atoms in total. The van der Waals surface area contributed by atoms with Gasteiger partial charge >= 0.3 is 0 Å². The van der Waals surface area contributed by atoms with Crippen LogP contribution in [0.2, 0.25) is 0 Å². The Morgan fingerprint density at radius 3 is 1.00 bits per heavy atom. The smallest absolute Gasteiger partial charge is 0 e. The SMILES string of the molecule is [Au].[S].[Se].[Te]. The summed E-state index contributed by atoms with van der Waals surface area (Å²) in [5, 5.41) is 0. The van der Waals surface area contributed by atoms with Crippen LogP contribution >= 0.6 is 13.5 Å². The average Bonchev–Trinajstić information content (AvgIpc) is 0. The second-order valence-electron chi connectivity index (χ2n) is 0. The van der Waals surface area contributed by atoms with Crippen LogP contribution in [0.1, 0.15) is 0 Å². The van der Waals surface area contributed by atoms with Crippen molar-refractivity contribution in [1.82, 2.24) is 0 Å². The maximum Gasteiger partial charge on any atom is 0 e. The van der Waals surface area contributed by atoms with Crippen molar-refractivity contribution in [3.63, 3.8) is 0 Å². The molecule has 0 aliphatic carbocycles. The van der Waals surface area contributed by atoms with Crippen molar-refractivity contribution in [2.45, 2.75) is 0 Å². The molecule has 0 saturated carbocycles. The third-order valence-corrected chi connectivity index (χ3v) is 0. The molecule has 0 amide bonds. The van der Waals surface area contributed by atoms with Crippen molar-refractivity contribution in [3.05, 3.63) is 0 Å². The number of hydrogen-bond donors (Lipinski definition) is 0. The maximum atomic E-state index is 0. The molecule has 4 heteroatoms. The molecule has 0 unspecified atom stereocenters. The van der Waals surface area contributed by atoms with Gasteiger partial charge in [0.25, 0.3) is 0 Å². The molecule has 0 bridgehead atoms. The molecular formula is AuSSeTe. The minimum Gasteiger partial charge on any atom is 0 e. The van der Waals surface area contributed by atoms with Crippen LogP contribution in [0.4, 0.5) is 0 Å². The molecule has 0 aliphatic rings. The Hall–Kier alpha value is 2.40. The summed E-state index contributed by atoms with van der Waals surface area (Å²) in [6.07, 6.45) is 0. The summed E-state index contributed by atoms with van der Waals surface area (Å²) in [6, 6.07) is 0. The van der Waals surface area contributed by atoms with Crippen LogP contribution in [0.25, 0.3) is 0 Å². The summed E-state index contributed by atoms with van der Waals surface area (Å²) in [5.74, 6) is 0. The molecule has 0 aliphatic heterocycles. The van der Waals surface area contributed by atoms with Crippen LogP contribution < -0.4 is 0 Å². The Kier molecular flexibility index (Phi) is 147. The van der Waals surface area contributed by atoms with E-state index in [-0.39, 0.29) is 76.6 Å². The first-order valence-corrected chi connectivity index (χ1v) is 0. The van der Waals surface area contributed by atoms with Crippen molar-refractivity contribution in [3.8, 4) is 0 Å². The van der Waals surface area contributed by atoms with Crippen molar-refractivity contribution in [2.24, 2.45) is 0 Å². The molecule has 0 heterocycles. The van der Waals surface area contributed by atoms with Crippen molar-refractivity contribution >= 4 is 54.2 Å². The van der Waals surface area contributed by atoms with Crippen molar-refractivity contribution < 1.29 is 22.4 Å². The first-order valence-electron chi connectivity index (χ1n) is 0. The topological polar surface area (TPSA) is 0 Å². The largest absolute Gasteiger partial charge is 0 e. The molecule has 0 aromatic rings. The quantitative estimate of drug-likeness (QED) is 0.466. The van der Waals surface area contributed by atoms with Gasteiger partial charge in [-0.25, -0.2) is 0 Å². The average molecular weight is 436 g/mol. The van der Waals surface area contributed by atoms with Gasteiger partial charge in [0.05, 0.1) is 0 Å². The van der Waals surface area contributed by atoms with Crippen LogP contribution in [0.3, 0.4) is 0 Å². The predicted molar refractivity (Wildman–Crippen MR) is 19.1 cm³/mol. The summed E-state index contributed by atoms with van der Waals surface area (Å²) >= 11 is 0. The van der Waals surface area contributed by atoms with Gasteiger partial charge in [-0.3, -0.25) is 0 Å². The zero-order chi connectivity index (χ0) is 0. The van der Waals surface area contributed by atoms with Gasteiger partial charge in [0.15, 0.2) is 0 Å². The molecule has 0 N–H and O–H groups in total. The first kappa shape index (κ1) is 32.4. The van der Waals surface area contributed by atoms with Crippen LogP contribution in [-0.4, -0.2) is 40.7 Å². The Labute approximate surface area is 75.6 Å². The van der Waals surface area contributed by atoms with Gasteiger partial charge in [0, 0.05) is 76.6 Å². The van der Waals surface area contributed by atoms with Gasteiger partial charge in [-0.1, -0.05) is 0 Å². The van der Waals surface area contributed by atoms with E-state index in [0.29, 0.717) is 0 Å². The third kappa shape index (κ3) is 8.83. The van der Waals surface area contributed by atoms with E-state index < -0.39 is 0 Å². The van der Waals surface area contributed by atoms with Crippen molar-refractivity contribution in [2.75, 3.05) is 0 Å². The zero-order valence-corrected chi connectivity index (χ0v) is 8.55. The van der Waals surface area contributed by atoms with E-state index in [2.05, 4.69) is 0 Å². The second-order valence-corrected chi connectivity index (χ2v) is 0. The Balaban J connectivity index is 0. The molecule has 4 heavy (non-hydrogen) atoms. The summed E-state index contributed by atoms with van der Waals surface area (Å²) in [7, 11) is 0. The Morgan fingerprint density at radius 1 is 1.00 bits per heavy atom. The fourth-order valence-electron chi connectivity index (χ4n) is 0. The molecule has 7 radical (unpaired) electrons. The molecule has 0 rings (SSSR count). The number of hydrogen-bond acceptors (Lipinski definition) is 0. The minimum atomic E-state index is 0. The molecule has 0 aromatic carbocycles. The summed E-state index contributed by atoms with van der Waals surface area (Å²) in [6.45, 7) is 0. The third-order valence-electron chi connectivity index (χ3n) is 0. The molecule has 0 spiro atoms. The van der Waals surface area contributed by atoms with Gasteiger partial charge < -0.3 is 0 Å². The van der Waals surface area contributed by atoms with E-state index in [9.17, 15) is 0 Å². The molecule has 0 aromatic heterocycles. The fourth-order valence-corrected chi connectivity index (χ4v) is 0. The zero-order valence-electron chi connectivity index (χ0n) is 1.53. The predicted octanol–water partition coefficient (Wildman–Crippen LogP) is -0.116. The van der Waals surface area contributed by atoms with E-state index in [1.54, 1.807) is 0 Å². The van der Waals surface area contributed by atoms with Gasteiger partial charge in [-0.05, 0) is 0 Å². The van der Waals surface area contributed by atoms with Gasteiger partial charge in [-0.2, -0.15) is 0 Å². The summed E-state index contributed by atoms with van der Waals surface area (Å²) in [4.78, 5) is 0. The molecule has 0 saturated heterocycles. The summed E-state index contributed by atoms with van der Waals surface area (Å²) < 4.78 is 0. The first-order chi connectivity index (χ1) is 0. The fraction of sp³-hybridized carbons (Fsp3) is 0. The second kappa shape index (κ2) is 18.2. The van der Waals surface area contributed by atoms with E-state index >= 15 is 0 Å². The molecular weight excluding hydrogens is 436 g/mol. The Bertz CT molecular complexity index is 8.00. The minimum absolute atomic E-state index is 0. The van der Waals surface area contributed by atoms with Crippen LogP contribution in [0, 0.1) is 0 Å². The molecule has 0 fully saturated rings. The van der Waals surface area contributed by atoms with Crippen molar-refractivity contribution in [1.29, 1.82) is 0 Å².